The van der Waals surface area contributed by atoms with Gasteiger partial charge in [0.2, 0.25) is 17.7 Å². The number of amides is 4. The normalized spacial score (nSPS) is 16.7. The molecule has 4 N–H and O–H groups in total. The summed E-state index contributed by atoms with van der Waals surface area (Å²) >= 11 is 1.42. The number of aryl methyl sites for hydroxylation is 1. The average Bonchev–Trinajstić information content (AvgIpc) is 3.90. The Labute approximate surface area is 389 Å². The standard InChI is InChI=1S/C50H47N9O7S/c1-57-40-25-33(12-15-36(40)46(56-57)37-16-18-43(60)54-48(37)63)51-44(61)27-58-22-19-30(20-23-58)29-9-13-34(14-10-29)66-28-32-11-17-42(53-45(32)49(64)65)59-24-21-31-5-4-6-35(38(31)26-59)47(62)55-50-52-39-7-2-3-8-41(39)67-50/h2-15,17,25,30,37H,16,18-24,26-28H2,1H3,(H,51,61)(H,64,65)(H,52,55,62)(H,54,60,63). The maximum atomic E-state index is 13.6. The molecule has 340 valence electrons. The number of nitrogens with one attached hydrogen (secondary N) is 3. The second-order valence-electron chi connectivity index (χ2n) is 17.2. The van der Waals surface area contributed by atoms with E-state index in [0.717, 1.165) is 58.2 Å². The van der Waals surface area contributed by atoms with Crippen molar-refractivity contribution in [3.8, 4) is 5.75 Å². The molecular weight excluding hydrogens is 871 g/mol. The number of aromatic nitrogens is 4. The van der Waals surface area contributed by atoms with Crippen molar-refractivity contribution < 1.29 is 33.8 Å². The van der Waals surface area contributed by atoms with Crippen LogP contribution in [-0.4, -0.2) is 85.5 Å². The molecular formula is C50H47N9O7S. The van der Waals surface area contributed by atoms with E-state index in [4.69, 9.17) is 4.74 Å². The predicted molar refractivity (Wildman–Crippen MR) is 254 cm³/mol. The van der Waals surface area contributed by atoms with Gasteiger partial charge >= 0.3 is 5.97 Å². The minimum absolute atomic E-state index is 0.0208. The Morgan fingerprint density at radius 2 is 1.70 bits per heavy atom. The van der Waals surface area contributed by atoms with Crippen molar-refractivity contribution in [2.24, 2.45) is 7.05 Å². The number of carboxylic acid groups (broad SMARTS) is 1. The number of carbonyl (C=O) groups is 5. The smallest absolute Gasteiger partial charge is 0.354 e. The summed E-state index contributed by atoms with van der Waals surface area (Å²) in [6.07, 6.45) is 3.13. The number of imide groups is 1. The molecule has 0 radical (unpaired) electrons. The Morgan fingerprint density at radius 1 is 0.881 bits per heavy atom. The summed E-state index contributed by atoms with van der Waals surface area (Å²) in [5.41, 5.74) is 6.90. The van der Waals surface area contributed by atoms with Crippen LogP contribution in [0.2, 0.25) is 0 Å². The van der Waals surface area contributed by atoms with Gasteiger partial charge in [0.1, 0.15) is 18.2 Å². The van der Waals surface area contributed by atoms with Gasteiger partial charge in [0.25, 0.3) is 5.91 Å². The third-order valence-corrected chi connectivity index (χ3v) is 13.9. The number of thiazole rings is 1. The Morgan fingerprint density at radius 3 is 2.49 bits per heavy atom. The van der Waals surface area contributed by atoms with Crippen molar-refractivity contribution in [1.29, 1.82) is 0 Å². The molecule has 3 aliphatic heterocycles. The lowest BCUT2D eigenvalue weighted by atomic mass is 9.89. The number of fused-ring (bicyclic) bond motifs is 3. The van der Waals surface area contributed by atoms with Crippen LogP contribution in [0.3, 0.4) is 0 Å². The highest BCUT2D eigenvalue weighted by atomic mass is 32.1. The van der Waals surface area contributed by atoms with Gasteiger partial charge in [-0.1, -0.05) is 47.7 Å². The minimum Gasteiger partial charge on any atom is -0.489 e. The summed E-state index contributed by atoms with van der Waals surface area (Å²) in [6.45, 7) is 2.81. The fourth-order valence-corrected chi connectivity index (χ4v) is 10.3. The number of carbonyl (C=O) groups excluding carboxylic acids is 4. The highest BCUT2D eigenvalue weighted by Crippen LogP contribution is 2.34. The molecule has 0 bridgehead atoms. The van der Waals surface area contributed by atoms with Crippen molar-refractivity contribution in [2.45, 2.75) is 57.1 Å². The number of carboxylic acids is 1. The van der Waals surface area contributed by atoms with Crippen molar-refractivity contribution in [3.05, 3.63) is 136 Å². The van der Waals surface area contributed by atoms with Crippen molar-refractivity contribution in [1.82, 2.24) is 30.0 Å². The molecule has 0 spiro atoms. The Bertz CT molecular complexity index is 3050. The number of ether oxygens (including phenoxy) is 1. The number of benzene rings is 4. The van der Waals surface area contributed by atoms with E-state index in [9.17, 15) is 29.1 Å². The van der Waals surface area contributed by atoms with Gasteiger partial charge in [-0.3, -0.25) is 39.4 Å². The quantitative estimate of drug-likeness (QED) is 0.0916. The summed E-state index contributed by atoms with van der Waals surface area (Å²) in [5, 5.41) is 24.6. The second kappa shape index (κ2) is 18.4. The zero-order chi connectivity index (χ0) is 46.2. The van der Waals surface area contributed by atoms with Crippen LogP contribution in [0.25, 0.3) is 21.1 Å². The van der Waals surface area contributed by atoms with E-state index >= 15 is 0 Å². The lowest BCUT2D eigenvalue weighted by molar-refractivity contribution is -0.134. The first-order valence-corrected chi connectivity index (χ1v) is 23.2. The van der Waals surface area contributed by atoms with Crippen LogP contribution in [0, 0.1) is 0 Å². The molecule has 67 heavy (non-hydrogen) atoms. The number of aromatic carboxylic acids is 1. The van der Waals surface area contributed by atoms with E-state index in [1.807, 2.05) is 89.8 Å². The molecule has 6 heterocycles. The van der Waals surface area contributed by atoms with Gasteiger partial charge in [-0.2, -0.15) is 5.10 Å². The molecule has 0 aliphatic carbocycles. The van der Waals surface area contributed by atoms with Crippen molar-refractivity contribution in [3.63, 3.8) is 0 Å². The molecule has 2 saturated heterocycles. The first kappa shape index (κ1) is 43.4. The molecule has 1 atom stereocenters. The maximum absolute atomic E-state index is 13.6. The van der Waals surface area contributed by atoms with Crippen LogP contribution < -0.4 is 25.6 Å². The summed E-state index contributed by atoms with van der Waals surface area (Å²) < 4.78 is 8.78. The number of likely N-dealkylation sites (tertiary alicyclic amines) is 1. The molecule has 7 aromatic rings. The van der Waals surface area contributed by atoms with Gasteiger partial charge in [-0.05, 0) is 122 Å². The average molecular weight is 918 g/mol. The van der Waals surface area contributed by atoms with Gasteiger partial charge in [0.05, 0.1) is 33.9 Å². The number of nitrogens with zero attached hydrogens (tertiary/aromatic N) is 6. The van der Waals surface area contributed by atoms with E-state index in [1.165, 1.54) is 16.9 Å². The predicted octanol–water partition coefficient (Wildman–Crippen LogP) is 7.01. The highest BCUT2D eigenvalue weighted by molar-refractivity contribution is 7.22. The first-order valence-electron chi connectivity index (χ1n) is 22.3. The van der Waals surface area contributed by atoms with Gasteiger partial charge in [-0.25, -0.2) is 14.8 Å². The Balaban J connectivity index is 0.714. The highest BCUT2D eigenvalue weighted by Gasteiger charge is 2.32. The molecule has 16 nitrogen and oxygen atoms in total. The second-order valence-corrected chi connectivity index (χ2v) is 18.3. The van der Waals surface area contributed by atoms with E-state index in [2.05, 4.69) is 35.9 Å². The summed E-state index contributed by atoms with van der Waals surface area (Å²) in [5.74, 6) is -1.18. The molecule has 4 aromatic carbocycles. The molecule has 4 amide bonds. The summed E-state index contributed by atoms with van der Waals surface area (Å²) in [6, 6.07) is 30.4. The van der Waals surface area contributed by atoms with Crippen molar-refractivity contribution >= 4 is 78.7 Å². The molecule has 0 saturated carbocycles. The monoisotopic (exact) mass is 917 g/mol. The zero-order valence-electron chi connectivity index (χ0n) is 36.7. The number of piperidine rings is 2. The number of hydrogen-bond acceptors (Lipinski definition) is 12. The van der Waals surface area contributed by atoms with Crippen LogP contribution in [-0.2, 0) is 41.0 Å². The van der Waals surface area contributed by atoms with Crippen LogP contribution in [0.15, 0.2) is 97.1 Å². The van der Waals surface area contributed by atoms with Crippen LogP contribution >= 0.6 is 11.3 Å². The first-order chi connectivity index (χ1) is 32.5. The summed E-state index contributed by atoms with van der Waals surface area (Å²) in [4.78, 5) is 76.7. The third-order valence-electron chi connectivity index (χ3n) is 13.0. The third kappa shape index (κ3) is 9.20. The molecule has 3 aromatic heterocycles. The Hall–Kier alpha value is -7.50. The molecule has 3 aliphatic rings. The lowest BCUT2D eigenvalue weighted by Crippen LogP contribution is -2.39. The van der Waals surface area contributed by atoms with Crippen LogP contribution in [0.4, 0.5) is 16.6 Å². The molecule has 1 unspecified atom stereocenters. The molecule has 17 heteroatoms. The number of para-hydroxylation sites is 1. The fourth-order valence-electron chi connectivity index (χ4n) is 9.44. The maximum Gasteiger partial charge on any atom is 0.354 e. The van der Waals surface area contributed by atoms with Crippen molar-refractivity contribution in [2.75, 3.05) is 41.7 Å². The summed E-state index contributed by atoms with van der Waals surface area (Å²) in [7, 11) is 1.80. The SMILES string of the molecule is Cn1nc(C2CCC(=O)NC2=O)c2ccc(NC(=O)CN3CCC(c4ccc(OCc5ccc(N6CCc7cccc(C(=O)Nc8nc9ccccc9s8)c7C6)nc5C(=O)O)cc4)CC3)cc21. The number of anilines is 3. The van der Waals surface area contributed by atoms with E-state index in [0.29, 0.717) is 71.1 Å². The molecule has 2 fully saturated rings. The largest absolute Gasteiger partial charge is 0.489 e. The lowest BCUT2D eigenvalue weighted by Gasteiger charge is -2.31. The zero-order valence-corrected chi connectivity index (χ0v) is 37.5. The van der Waals surface area contributed by atoms with Crippen LogP contribution in [0.5, 0.6) is 5.75 Å². The van der Waals surface area contributed by atoms with Gasteiger partial charge in [0.15, 0.2) is 10.8 Å². The number of pyridine rings is 1. The minimum atomic E-state index is -1.15. The van der Waals surface area contributed by atoms with E-state index in [1.54, 1.807) is 23.9 Å². The van der Waals surface area contributed by atoms with E-state index < -0.39 is 11.9 Å². The number of rotatable bonds is 12. The topological polar surface area (TPSA) is 201 Å². The van der Waals surface area contributed by atoms with Gasteiger partial charge in [-0.15, -0.1) is 0 Å². The van der Waals surface area contributed by atoms with E-state index in [-0.39, 0.29) is 48.9 Å². The van der Waals surface area contributed by atoms with Gasteiger partial charge < -0.3 is 20.1 Å². The van der Waals surface area contributed by atoms with Crippen LogP contribution in [0.1, 0.15) is 86.3 Å². The molecule has 10 rings (SSSR count). The Kier molecular flexibility index (Phi) is 11.9. The fraction of sp³-hybridized carbons (Fsp3) is 0.280. The number of hydrogen-bond donors (Lipinski definition) is 4. The van der Waals surface area contributed by atoms with Gasteiger partial charge in [0, 0.05) is 48.8 Å².